The van der Waals surface area contributed by atoms with E-state index >= 15 is 0 Å². The molecule has 0 fully saturated rings. The van der Waals surface area contributed by atoms with Gasteiger partial charge in [0.2, 0.25) is 0 Å². The van der Waals surface area contributed by atoms with Gasteiger partial charge in [-0.3, -0.25) is 0 Å². The minimum atomic E-state index is -1.23. The van der Waals surface area contributed by atoms with Crippen LogP contribution >= 0.6 is 23.2 Å². The monoisotopic (exact) mass is 324 g/mol. The van der Waals surface area contributed by atoms with E-state index in [0.717, 1.165) is 0 Å². The maximum absolute atomic E-state index is 9.12. The fourth-order valence-corrected chi connectivity index (χ4v) is 0. The van der Waals surface area contributed by atoms with E-state index in [0.29, 0.717) is 0 Å². The van der Waals surface area contributed by atoms with E-state index < -0.39 is 23.7 Å². The molecule has 0 aliphatic carbocycles. The van der Waals surface area contributed by atoms with Crippen molar-refractivity contribution in [2.45, 2.75) is 0 Å². The third-order valence-electron chi connectivity index (χ3n) is 0.218. The summed E-state index contributed by atoms with van der Waals surface area (Å²) in [5, 5.41) is 18.2. The fourth-order valence-electron chi connectivity index (χ4n) is 0. The molecule has 0 aliphatic heterocycles. The number of hydrogen-bond acceptors (Lipinski definition) is 4. The minimum Gasteiger partial charge on any atom is -0.549 e. The molecule has 0 amide bonds. The standard InChI is InChI=1S/2C2H3ClO2.Ba/c2*3-1-2(4)5;/h2*1H2,(H,4,5);/q;;+2/p-2. The molecule has 11 heavy (non-hydrogen) atoms. The molecule has 0 aromatic heterocycles. The van der Waals surface area contributed by atoms with E-state index in [4.69, 9.17) is 19.8 Å². The van der Waals surface area contributed by atoms with E-state index in [1.807, 2.05) is 0 Å². The summed E-state index contributed by atoms with van der Waals surface area (Å²) in [6.45, 7) is 0. The molecule has 0 rings (SSSR count). The Hall–Kier alpha value is 1.09. The van der Waals surface area contributed by atoms with Crippen LogP contribution in [0.25, 0.3) is 0 Å². The van der Waals surface area contributed by atoms with Crippen LogP contribution in [0, 0.1) is 0 Å². The zero-order valence-electron chi connectivity index (χ0n) is 5.51. The molecule has 0 atom stereocenters. The van der Waals surface area contributed by atoms with Gasteiger partial charge in [-0.15, -0.1) is 23.2 Å². The van der Waals surface area contributed by atoms with Crippen LogP contribution in [-0.2, 0) is 9.59 Å². The number of carboxylic acid groups (broad SMARTS) is 2. The summed E-state index contributed by atoms with van der Waals surface area (Å²) in [7, 11) is 0. The Bertz CT molecular complexity index is 105. The Labute approximate surface area is 114 Å². The average molecular weight is 324 g/mol. The topological polar surface area (TPSA) is 80.3 Å². The van der Waals surface area contributed by atoms with Crippen molar-refractivity contribution in [1.82, 2.24) is 0 Å². The first kappa shape index (κ1) is 18.0. The number of alkyl halides is 2. The summed E-state index contributed by atoms with van der Waals surface area (Å²) in [5.41, 5.74) is 0. The van der Waals surface area contributed by atoms with Crippen molar-refractivity contribution in [1.29, 1.82) is 0 Å². The quantitative estimate of drug-likeness (QED) is 0.418. The molecule has 0 spiro atoms. The zero-order valence-corrected chi connectivity index (χ0v) is 11.5. The van der Waals surface area contributed by atoms with E-state index in [1.165, 1.54) is 0 Å². The smallest absolute Gasteiger partial charge is 0.549 e. The third-order valence-corrected chi connectivity index (χ3v) is 0.655. The van der Waals surface area contributed by atoms with Crippen LogP contribution in [0.1, 0.15) is 0 Å². The van der Waals surface area contributed by atoms with Crippen molar-refractivity contribution in [3.05, 3.63) is 0 Å². The summed E-state index contributed by atoms with van der Waals surface area (Å²) in [6.07, 6.45) is 0. The van der Waals surface area contributed by atoms with Crippen molar-refractivity contribution in [3.8, 4) is 0 Å². The molecule has 60 valence electrons. The second-order valence-corrected chi connectivity index (χ2v) is 1.55. The maximum Gasteiger partial charge on any atom is 2.00 e. The van der Waals surface area contributed by atoms with Crippen molar-refractivity contribution >= 4 is 84.0 Å². The Balaban J connectivity index is -0.000000107. The van der Waals surface area contributed by atoms with Crippen LogP contribution < -0.4 is 10.2 Å². The Kier molecular flexibility index (Phi) is 22.4. The van der Waals surface area contributed by atoms with Gasteiger partial charge >= 0.3 is 48.9 Å². The number of carbonyl (C=O) groups is 2. The number of rotatable bonds is 2. The van der Waals surface area contributed by atoms with Crippen LogP contribution in [0.4, 0.5) is 0 Å². The molecule has 0 aromatic carbocycles. The van der Waals surface area contributed by atoms with Crippen LogP contribution in [0.5, 0.6) is 0 Å². The molecule has 7 heteroatoms. The van der Waals surface area contributed by atoms with E-state index in [9.17, 15) is 0 Å². The van der Waals surface area contributed by atoms with Gasteiger partial charge in [-0.25, -0.2) is 0 Å². The summed E-state index contributed by atoms with van der Waals surface area (Å²) < 4.78 is 0. The molecule has 0 heterocycles. The molecule has 0 unspecified atom stereocenters. The van der Waals surface area contributed by atoms with E-state index in [2.05, 4.69) is 23.2 Å². The van der Waals surface area contributed by atoms with Crippen LogP contribution in [-0.4, -0.2) is 72.6 Å². The predicted molar refractivity (Wildman–Crippen MR) is 37.2 cm³/mol. The Morgan fingerprint density at radius 3 is 1.09 bits per heavy atom. The van der Waals surface area contributed by atoms with Crippen molar-refractivity contribution in [2.24, 2.45) is 0 Å². The van der Waals surface area contributed by atoms with Crippen LogP contribution in [0.15, 0.2) is 0 Å². The predicted octanol–water partition coefficient (Wildman–Crippen LogP) is -2.43. The molecular formula is C4H4BaCl2O4. The SMILES string of the molecule is O=C([O-])CCl.O=C([O-])CCl.[Ba+2]. The van der Waals surface area contributed by atoms with Gasteiger partial charge in [-0.05, 0) is 0 Å². The molecule has 0 radical (unpaired) electrons. The number of halogens is 2. The van der Waals surface area contributed by atoms with Crippen LogP contribution in [0.3, 0.4) is 0 Å². The van der Waals surface area contributed by atoms with Gasteiger partial charge in [-0.1, -0.05) is 0 Å². The summed E-state index contributed by atoms with van der Waals surface area (Å²) in [6, 6.07) is 0. The summed E-state index contributed by atoms with van der Waals surface area (Å²) >= 11 is 9.35. The van der Waals surface area contributed by atoms with Crippen LogP contribution in [0.2, 0.25) is 0 Å². The first-order valence-corrected chi connectivity index (χ1v) is 3.13. The first-order valence-electron chi connectivity index (χ1n) is 2.06. The molecule has 0 saturated heterocycles. The van der Waals surface area contributed by atoms with E-state index in [-0.39, 0.29) is 48.9 Å². The number of aliphatic carboxylic acids is 2. The zero-order chi connectivity index (χ0) is 8.57. The average Bonchev–Trinajstić information content (AvgIpc) is 1.89. The van der Waals surface area contributed by atoms with Gasteiger partial charge in [-0.2, -0.15) is 0 Å². The summed E-state index contributed by atoms with van der Waals surface area (Å²) in [5.74, 6) is -3.29. The normalized spacial score (nSPS) is 6.73. The molecule has 0 bridgehead atoms. The second kappa shape index (κ2) is 13.7. The molecule has 0 saturated carbocycles. The number of hydrogen-bond donors (Lipinski definition) is 0. The minimum absolute atomic E-state index is 0. The van der Waals surface area contributed by atoms with Crippen molar-refractivity contribution in [3.63, 3.8) is 0 Å². The number of carboxylic acids is 2. The van der Waals surface area contributed by atoms with Gasteiger partial charge in [0.05, 0.1) is 23.7 Å². The van der Waals surface area contributed by atoms with Gasteiger partial charge in [0, 0.05) is 0 Å². The summed E-state index contributed by atoms with van der Waals surface area (Å²) in [4.78, 5) is 18.2. The van der Waals surface area contributed by atoms with Crippen molar-refractivity contribution in [2.75, 3.05) is 11.8 Å². The Morgan fingerprint density at radius 1 is 1.00 bits per heavy atom. The molecule has 0 N–H and O–H groups in total. The maximum atomic E-state index is 9.12. The molecule has 4 nitrogen and oxygen atoms in total. The van der Waals surface area contributed by atoms with Gasteiger partial charge in [0.25, 0.3) is 0 Å². The Morgan fingerprint density at radius 2 is 1.09 bits per heavy atom. The molecule has 0 aromatic rings. The van der Waals surface area contributed by atoms with Crippen molar-refractivity contribution < 1.29 is 19.8 Å². The largest absolute Gasteiger partial charge is 2.00 e. The first-order chi connectivity index (χ1) is 4.54. The molecule has 0 aliphatic rings. The number of carbonyl (C=O) groups excluding carboxylic acids is 2. The molecular weight excluding hydrogens is 320 g/mol. The fraction of sp³-hybridized carbons (Fsp3) is 0.500. The second-order valence-electron chi connectivity index (χ2n) is 1.01. The van der Waals surface area contributed by atoms with Gasteiger partial charge in [0.15, 0.2) is 0 Å². The third kappa shape index (κ3) is 35.4. The van der Waals surface area contributed by atoms with Gasteiger partial charge < -0.3 is 19.8 Å². The van der Waals surface area contributed by atoms with Gasteiger partial charge in [0.1, 0.15) is 0 Å². The van der Waals surface area contributed by atoms with E-state index in [1.54, 1.807) is 0 Å².